The first-order valence-corrected chi connectivity index (χ1v) is 16.4. The van der Waals surface area contributed by atoms with E-state index in [4.69, 9.17) is 4.74 Å². The molecule has 3 aromatic carbocycles. The van der Waals surface area contributed by atoms with Gasteiger partial charge in [0.15, 0.2) is 0 Å². The van der Waals surface area contributed by atoms with Crippen molar-refractivity contribution >= 4 is 19.2 Å². The van der Waals surface area contributed by atoms with Crippen molar-refractivity contribution in [2.45, 2.75) is 71.1 Å². The minimum Gasteiger partial charge on any atom is -0.460 e. The maximum atomic E-state index is 13.2. The average molecular weight is 500 g/mol. The summed E-state index contributed by atoms with van der Waals surface area (Å²) in [6, 6.07) is 32.4. The summed E-state index contributed by atoms with van der Waals surface area (Å²) in [6.07, 6.45) is 0.865. The van der Waals surface area contributed by atoms with E-state index >= 15 is 0 Å². The molecule has 4 rings (SSSR count). The number of hydrogen-bond donors (Lipinski definition) is 0. The van der Waals surface area contributed by atoms with E-state index in [-0.39, 0.29) is 29.6 Å². The number of benzene rings is 3. The topological polar surface area (TPSA) is 29.5 Å². The molecule has 0 saturated carbocycles. The van der Waals surface area contributed by atoms with E-state index in [0.717, 1.165) is 19.5 Å². The molecule has 1 aliphatic heterocycles. The maximum absolute atomic E-state index is 13.2. The van der Waals surface area contributed by atoms with Crippen molar-refractivity contribution < 1.29 is 9.53 Å². The molecule has 0 radical (unpaired) electrons. The van der Waals surface area contributed by atoms with Gasteiger partial charge in [-0.3, -0.25) is 9.69 Å². The van der Waals surface area contributed by atoms with Gasteiger partial charge in [0.25, 0.3) is 0 Å². The summed E-state index contributed by atoms with van der Waals surface area (Å²) < 4.78 is 6.37. The van der Waals surface area contributed by atoms with Crippen LogP contribution in [0.15, 0.2) is 91.0 Å². The van der Waals surface area contributed by atoms with Gasteiger partial charge < -0.3 is 4.74 Å². The number of rotatable bonds is 10. The first-order valence-electron chi connectivity index (χ1n) is 13.3. The van der Waals surface area contributed by atoms with E-state index in [1.165, 1.54) is 16.3 Å². The van der Waals surface area contributed by atoms with Gasteiger partial charge in [-0.2, -0.15) is 0 Å². The average Bonchev–Trinajstić information content (AvgIpc) is 3.18. The summed E-state index contributed by atoms with van der Waals surface area (Å²) in [5, 5.41) is 1.39. The first kappa shape index (κ1) is 26.4. The van der Waals surface area contributed by atoms with Crippen molar-refractivity contribution in [2.75, 3.05) is 0 Å². The van der Waals surface area contributed by atoms with E-state index in [9.17, 15) is 4.79 Å². The van der Waals surface area contributed by atoms with Crippen LogP contribution in [0.5, 0.6) is 0 Å². The monoisotopic (exact) mass is 499 g/mol. The lowest BCUT2D eigenvalue weighted by Crippen LogP contribution is -2.55. The zero-order valence-corrected chi connectivity index (χ0v) is 23.4. The highest BCUT2D eigenvalue weighted by Crippen LogP contribution is 2.45. The summed E-state index contributed by atoms with van der Waals surface area (Å²) in [4.78, 5) is 15.8. The Labute approximate surface area is 218 Å². The zero-order valence-electron chi connectivity index (χ0n) is 22.4. The van der Waals surface area contributed by atoms with Crippen LogP contribution < -0.4 is 5.19 Å². The van der Waals surface area contributed by atoms with Gasteiger partial charge in [0.05, 0.1) is 14.0 Å². The Morgan fingerprint density at radius 3 is 1.75 bits per heavy atom. The van der Waals surface area contributed by atoms with Crippen molar-refractivity contribution in [1.82, 2.24) is 4.90 Å². The number of esters is 1. The van der Waals surface area contributed by atoms with Crippen LogP contribution in [-0.2, 0) is 22.6 Å². The van der Waals surface area contributed by atoms with E-state index in [0.29, 0.717) is 5.92 Å². The lowest BCUT2D eigenvalue weighted by Gasteiger charge is -2.42. The number of cyclic esters (lactones) is 1. The highest BCUT2D eigenvalue weighted by Gasteiger charge is 2.54. The zero-order chi connectivity index (χ0) is 25.7. The third kappa shape index (κ3) is 5.99. The summed E-state index contributed by atoms with van der Waals surface area (Å²) in [5.74, 6) is 0.359. The van der Waals surface area contributed by atoms with Crippen LogP contribution in [0.2, 0.25) is 18.6 Å². The van der Waals surface area contributed by atoms with Crippen molar-refractivity contribution in [3.05, 3.63) is 102 Å². The number of hydrogen-bond acceptors (Lipinski definition) is 3. The third-order valence-electron chi connectivity index (χ3n) is 7.89. The molecule has 1 saturated heterocycles. The molecule has 4 atom stereocenters. The van der Waals surface area contributed by atoms with E-state index < -0.39 is 8.07 Å². The molecule has 3 nitrogen and oxygen atoms in total. The molecule has 0 amide bonds. The molecular weight excluding hydrogens is 458 g/mol. The highest BCUT2D eigenvalue weighted by molar-refractivity contribution is 6.91. The largest absolute Gasteiger partial charge is 0.460 e. The molecule has 3 aromatic rings. The molecular formula is C32H41NO2Si. The maximum Gasteiger partial charge on any atom is 0.309 e. The van der Waals surface area contributed by atoms with Gasteiger partial charge in [0, 0.05) is 24.7 Å². The number of carbonyl (C=O) groups excluding carboxylic acids is 1. The lowest BCUT2D eigenvalue weighted by molar-refractivity contribution is -0.146. The first-order chi connectivity index (χ1) is 17.3. The van der Waals surface area contributed by atoms with Crippen LogP contribution in [0, 0.1) is 11.8 Å². The highest BCUT2D eigenvalue weighted by atomic mass is 28.3. The molecule has 0 aromatic heterocycles. The Bertz CT molecular complexity index is 1060. The van der Waals surface area contributed by atoms with Crippen LogP contribution in [0.3, 0.4) is 0 Å². The van der Waals surface area contributed by atoms with Crippen LogP contribution in [0.4, 0.5) is 0 Å². The van der Waals surface area contributed by atoms with Gasteiger partial charge in [-0.1, -0.05) is 130 Å². The van der Waals surface area contributed by atoms with Crippen LogP contribution in [-0.4, -0.2) is 31.1 Å². The lowest BCUT2D eigenvalue weighted by atomic mass is 9.92. The summed E-state index contributed by atoms with van der Waals surface area (Å²) in [6.45, 7) is 13.2. The second-order valence-corrected chi connectivity index (χ2v) is 16.1. The Balaban J connectivity index is 1.76. The van der Waals surface area contributed by atoms with Crippen molar-refractivity contribution in [3.8, 4) is 0 Å². The quantitative estimate of drug-likeness (QED) is 0.231. The number of nitrogens with zero attached hydrogens (tertiary/aromatic N) is 1. The fourth-order valence-electron chi connectivity index (χ4n) is 6.06. The van der Waals surface area contributed by atoms with Crippen molar-refractivity contribution in [3.63, 3.8) is 0 Å². The van der Waals surface area contributed by atoms with Gasteiger partial charge in [-0.25, -0.2) is 0 Å². The van der Waals surface area contributed by atoms with Gasteiger partial charge in [-0.05, 0) is 23.5 Å². The summed E-state index contributed by atoms with van der Waals surface area (Å²) >= 11 is 0. The minimum absolute atomic E-state index is 0.0327. The molecule has 36 heavy (non-hydrogen) atoms. The molecule has 0 N–H and O–H groups in total. The second kappa shape index (κ2) is 11.6. The molecule has 1 heterocycles. The Hall–Kier alpha value is -2.69. The normalized spacial score (nSPS) is 21.1. The van der Waals surface area contributed by atoms with Gasteiger partial charge in [-0.15, -0.1) is 0 Å². The van der Waals surface area contributed by atoms with Gasteiger partial charge in [0.2, 0.25) is 0 Å². The molecule has 0 bridgehead atoms. The van der Waals surface area contributed by atoms with Gasteiger partial charge in [0.1, 0.15) is 6.10 Å². The van der Waals surface area contributed by atoms with E-state index in [1.54, 1.807) is 0 Å². The van der Waals surface area contributed by atoms with Gasteiger partial charge >= 0.3 is 5.97 Å². The number of ether oxygens (including phenoxy) is 1. The fourth-order valence-corrected chi connectivity index (χ4v) is 9.99. The molecule has 1 aliphatic rings. The number of carbonyl (C=O) groups is 1. The predicted molar refractivity (Wildman–Crippen MR) is 152 cm³/mol. The van der Waals surface area contributed by atoms with E-state index in [1.807, 2.05) is 0 Å². The molecule has 4 heteroatoms. The SMILES string of the molecule is CC(C)C[C@@H]([C@@H]1OC(=O)[C@H](C)[C@@H]1[Si](C)(C)c1ccccc1)N(Cc1ccccc1)Cc1ccccc1. The molecule has 0 unspecified atom stereocenters. The third-order valence-corrected chi connectivity index (χ3v) is 12.2. The van der Waals surface area contributed by atoms with Crippen LogP contribution in [0.25, 0.3) is 0 Å². The fraction of sp³-hybridized carbons (Fsp3) is 0.406. The minimum atomic E-state index is -2.03. The predicted octanol–water partition coefficient (Wildman–Crippen LogP) is 6.65. The second-order valence-electron chi connectivity index (χ2n) is 11.4. The van der Waals surface area contributed by atoms with Crippen molar-refractivity contribution in [1.29, 1.82) is 0 Å². The molecule has 0 aliphatic carbocycles. The molecule has 190 valence electrons. The van der Waals surface area contributed by atoms with Crippen LogP contribution in [0.1, 0.15) is 38.3 Å². The van der Waals surface area contributed by atoms with E-state index in [2.05, 4.69) is 130 Å². The van der Waals surface area contributed by atoms with Crippen molar-refractivity contribution in [2.24, 2.45) is 11.8 Å². The standard InChI is InChI=1S/C32H41NO2Si/c1-24(2)21-29(33(22-26-15-9-6-10-16-26)23-27-17-11-7-12-18-27)30-31(25(3)32(34)35-30)36(4,5)28-19-13-8-14-20-28/h6-20,24-25,29-31H,21-23H2,1-5H3/t25-,29+,30+,31+/m1/s1. The smallest absolute Gasteiger partial charge is 0.309 e. The summed E-state index contributed by atoms with van der Waals surface area (Å²) in [5.41, 5.74) is 2.79. The Morgan fingerprint density at radius 2 is 1.28 bits per heavy atom. The summed E-state index contributed by atoms with van der Waals surface area (Å²) in [7, 11) is -2.03. The molecule has 1 fully saturated rings. The van der Waals surface area contributed by atoms with Crippen LogP contribution >= 0.6 is 0 Å². The Morgan fingerprint density at radius 1 is 0.806 bits per heavy atom. The molecule has 0 spiro atoms. The Kier molecular flexibility index (Phi) is 8.48.